The molecule has 1 aromatic carbocycles. The van der Waals surface area contributed by atoms with Crippen molar-refractivity contribution in [2.24, 2.45) is 11.3 Å². The molecule has 0 radical (unpaired) electrons. The van der Waals surface area contributed by atoms with Crippen LogP contribution in [0.3, 0.4) is 0 Å². The second kappa shape index (κ2) is 5.84. The van der Waals surface area contributed by atoms with Gasteiger partial charge in [0.05, 0.1) is 25.2 Å². The van der Waals surface area contributed by atoms with E-state index in [0.717, 1.165) is 18.9 Å². The van der Waals surface area contributed by atoms with Gasteiger partial charge in [0.15, 0.2) is 0 Å². The summed E-state index contributed by atoms with van der Waals surface area (Å²) in [5.41, 5.74) is 2.69. The van der Waals surface area contributed by atoms with Crippen molar-refractivity contribution in [3.8, 4) is 0 Å². The summed E-state index contributed by atoms with van der Waals surface area (Å²) in [6.07, 6.45) is 3.77. The molecule has 0 spiro atoms. The van der Waals surface area contributed by atoms with Crippen molar-refractivity contribution in [1.29, 1.82) is 0 Å². The minimum Gasteiger partial charge on any atom is -0.396 e. The molecule has 3 rings (SSSR count). The topological polar surface area (TPSA) is 41.5 Å². The van der Waals surface area contributed by atoms with Gasteiger partial charge >= 0.3 is 0 Å². The van der Waals surface area contributed by atoms with Gasteiger partial charge in [0.25, 0.3) is 0 Å². The molecule has 3 nitrogen and oxygen atoms in total. The molecule has 0 bridgehead atoms. The second-order valence-corrected chi connectivity index (χ2v) is 6.67. The first-order chi connectivity index (χ1) is 9.71. The Morgan fingerprint density at radius 2 is 2.00 bits per heavy atom. The van der Waals surface area contributed by atoms with E-state index in [4.69, 9.17) is 4.74 Å². The molecule has 1 unspecified atom stereocenters. The molecule has 0 amide bonds. The van der Waals surface area contributed by atoms with Gasteiger partial charge in [-0.3, -0.25) is 0 Å². The summed E-state index contributed by atoms with van der Waals surface area (Å²) < 4.78 is 5.27. The van der Waals surface area contributed by atoms with E-state index in [1.165, 1.54) is 24.0 Å². The third-order valence-corrected chi connectivity index (χ3v) is 4.66. The van der Waals surface area contributed by atoms with Crippen LogP contribution in [-0.4, -0.2) is 37.5 Å². The fourth-order valence-electron chi connectivity index (χ4n) is 2.87. The van der Waals surface area contributed by atoms with Crippen LogP contribution in [-0.2, 0) is 11.2 Å². The SMILES string of the molecule is Cc1ccc(CC(NCC2(CO)COC2)C2CC2)cc1. The summed E-state index contributed by atoms with van der Waals surface area (Å²) in [4.78, 5) is 0. The zero-order valence-corrected chi connectivity index (χ0v) is 12.3. The molecule has 2 fully saturated rings. The number of hydrogen-bond donors (Lipinski definition) is 2. The second-order valence-electron chi connectivity index (χ2n) is 6.67. The van der Waals surface area contributed by atoms with E-state index in [2.05, 4.69) is 36.5 Å². The van der Waals surface area contributed by atoms with Gasteiger partial charge in [-0.05, 0) is 37.7 Å². The number of hydrogen-bond acceptors (Lipinski definition) is 3. The number of benzene rings is 1. The summed E-state index contributed by atoms with van der Waals surface area (Å²) in [6.45, 7) is 4.61. The molecule has 2 N–H and O–H groups in total. The van der Waals surface area contributed by atoms with Crippen LogP contribution in [0, 0.1) is 18.3 Å². The molecule has 1 aromatic rings. The standard InChI is InChI=1S/C17H25NO2/c1-13-2-4-14(5-3-13)8-16(15-6-7-15)18-9-17(10-19)11-20-12-17/h2-5,15-16,18-19H,6-12H2,1H3. The fraction of sp³-hybridized carbons (Fsp3) is 0.647. The van der Waals surface area contributed by atoms with Crippen LogP contribution >= 0.6 is 0 Å². The number of rotatable bonds is 7. The van der Waals surface area contributed by atoms with Crippen LogP contribution in [0.25, 0.3) is 0 Å². The Morgan fingerprint density at radius 3 is 2.50 bits per heavy atom. The van der Waals surface area contributed by atoms with Crippen molar-refractivity contribution in [3.05, 3.63) is 35.4 Å². The van der Waals surface area contributed by atoms with Crippen LogP contribution in [0.15, 0.2) is 24.3 Å². The van der Waals surface area contributed by atoms with Crippen LogP contribution in [0.2, 0.25) is 0 Å². The predicted octanol–water partition coefficient (Wildman–Crippen LogP) is 1.91. The molecule has 1 saturated carbocycles. The van der Waals surface area contributed by atoms with E-state index in [9.17, 15) is 5.11 Å². The van der Waals surface area contributed by atoms with E-state index in [1.54, 1.807) is 0 Å². The Labute approximate surface area is 121 Å². The van der Waals surface area contributed by atoms with Crippen molar-refractivity contribution in [2.75, 3.05) is 26.4 Å². The summed E-state index contributed by atoms with van der Waals surface area (Å²) in [7, 11) is 0. The van der Waals surface area contributed by atoms with Crippen molar-refractivity contribution in [2.45, 2.75) is 32.2 Å². The van der Waals surface area contributed by atoms with E-state index in [-0.39, 0.29) is 12.0 Å². The third kappa shape index (κ3) is 3.22. The van der Waals surface area contributed by atoms with Crippen molar-refractivity contribution in [3.63, 3.8) is 0 Å². The zero-order chi connectivity index (χ0) is 14.0. The molecule has 1 heterocycles. The maximum Gasteiger partial charge on any atom is 0.0579 e. The average Bonchev–Trinajstić information content (AvgIpc) is 3.23. The van der Waals surface area contributed by atoms with Gasteiger partial charge in [0.1, 0.15) is 0 Å². The van der Waals surface area contributed by atoms with Gasteiger partial charge in [0.2, 0.25) is 0 Å². The van der Waals surface area contributed by atoms with Crippen molar-refractivity contribution in [1.82, 2.24) is 5.32 Å². The van der Waals surface area contributed by atoms with Crippen LogP contribution < -0.4 is 5.32 Å². The molecule has 2 aliphatic rings. The highest BCUT2D eigenvalue weighted by molar-refractivity contribution is 5.22. The van der Waals surface area contributed by atoms with Gasteiger partial charge < -0.3 is 15.2 Å². The number of aliphatic hydroxyl groups is 1. The quantitative estimate of drug-likeness (QED) is 0.799. The number of aryl methyl sites for hydroxylation is 1. The Morgan fingerprint density at radius 1 is 1.30 bits per heavy atom. The number of ether oxygens (including phenoxy) is 1. The van der Waals surface area contributed by atoms with Gasteiger partial charge in [-0.2, -0.15) is 0 Å². The Kier molecular flexibility index (Phi) is 4.11. The third-order valence-electron chi connectivity index (χ3n) is 4.66. The fourth-order valence-corrected chi connectivity index (χ4v) is 2.87. The normalized spacial score (nSPS) is 22.3. The molecule has 1 aliphatic heterocycles. The highest BCUT2D eigenvalue weighted by atomic mass is 16.5. The highest BCUT2D eigenvalue weighted by Gasteiger charge is 2.40. The van der Waals surface area contributed by atoms with Gasteiger partial charge in [-0.25, -0.2) is 0 Å². The van der Waals surface area contributed by atoms with Gasteiger partial charge in [-0.1, -0.05) is 29.8 Å². The Bertz CT molecular complexity index is 429. The lowest BCUT2D eigenvalue weighted by Crippen LogP contribution is -2.54. The largest absolute Gasteiger partial charge is 0.396 e. The highest BCUT2D eigenvalue weighted by Crippen LogP contribution is 2.35. The lowest BCUT2D eigenvalue weighted by Gasteiger charge is -2.41. The Balaban J connectivity index is 1.57. The number of aliphatic hydroxyl groups excluding tert-OH is 1. The van der Waals surface area contributed by atoms with E-state index >= 15 is 0 Å². The van der Waals surface area contributed by atoms with E-state index in [1.807, 2.05) is 0 Å². The molecule has 1 saturated heterocycles. The smallest absolute Gasteiger partial charge is 0.0579 e. The summed E-state index contributed by atoms with van der Waals surface area (Å²) >= 11 is 0. The lowest BCUT2D eigenvalue weighted by molar-refractivity contribution is -0.135. The summed E-state index contributed by atoms with van der Waals surface area (Å²) in [6, 6.07) is 9.39. The maximum atomic E-state index is 9.50. The Hall–Kier alpha value is -0.900. The lowest BCUT2D eigenvalue weighted by atomic mass is 9.86. The molecule has 20 heavy (non-hydrogen) atoms. The maximum absolute atomic E-state index is 9.50. The molecule has 1 aliphatic carbocycles. The number of nitrogens with one attached hydrogen (secondary N) is 1. The zero-order valence-electron chi connectivity index (χ0n) is 12.3. The van der Waals surface area contributed by atoms with Crippen LogP contribution in [0.1, 0.15) is 24.0 Å². The molecule has 110 valence electrons. The van der Waals surface area contributed by atoms with Crippen molar-refractivity contribution >= 4 is 0 Å². The van der Waals surface area contributed by atoms with Crippen LogP contribution in [0.5, 0.6) is 0 Å². The monoisotopic (exact) mass is 275 g/mol. The predicted molar refractivity (Wildman–Crippen MR) is 79.7 cm³/mol. The average molecular weight is 275 g/mol. The first-order valence-corrected chi connectivity index (χ1v) is 7.68. The van der Waals surface area contributed by atoms with Gasteiger partial charge in [-0.15, -0.1) is 0 Å². The minimum atomic E-state index is -0.0274. The summed E-state index contributed by atoms with van der Waals surface area (Å²) in [5, 5.41) is 13.2. The summed E-state index contributed by atoms with van der Waals surface area (Å²) in [5.74, 6) is 0.813. The first kappa shape index (κ1) is 14.1. The minimum absolute atomic E-state index is 0.0274. The van der Waals surface area contributed by atoms with E-state index < -0.39 is 0 Å². The molecular weight excluding hydrogens is 250 g/mol. The van der Waals surface area contributed by atoms with E-state index in [0.29, 0.717) is 19.3 Å². The molecule has 3 heteroatoms. The van der Waals surface area contributed by atoms with Crippen molar-refractivity contribution < 1.29 is 9.84 Å². The molecule has 0 aromatic heterocycles. The molecular formula is C17H25NO2. The molecule has 1 atom stereocenters. The first-order valence-electron chi connectivity index (χ1n) is 7.68. The van der Waals surface area contributed by atoms with Gasteiger partial charge in [0, 0.05) is 12.6 Å². The van der Waals surface area contributed by atoms with Crippen LogP contribution in [0.4, 0.5) is 0 Å².